The normalized spacial score (nSPS) is 10.3. The first kappa shape index (κ1) is 13.1. The summed E-state index contributed by atoms with van der Waals surface area (Å²) in [5.41, 5.74) is 2.45. The van der Waals surface area contributed by atoms with Gasteiger partial charge < -0.3 is 5.11 Å². The van der Waals surface area contributed by atoms with Gasteiger partial charge in [-0.25, -0.2) is 4.79 Å². The van der Waals surface area contributed by atoms with Gasteiger partial charge in [0.25, 0.3) is 0 Å². The van der Waals surface area contributed by atoms with Crippen LogP contribution in [0.15, 0.2) is 46.9 Å². The highest BCUT2D eigenvalue weighted by atomic mass is 79.9. The second-order valence-electron chi connectivity index (χ2n) is 3.91. The summed E-state index contributed by atoms with van der Waals surface area (Å²) in [5.74, 6) is -0.922. The van der Waals surface area contributed by atoms with Gasteiger partial charge in [-0.1, -0.05) is 45.7 Å². The van der Waals surface area contributed by atoms with Gasteiger partial charge in [0.15, 0.2) is 0 Å². The van der Waals surface area contributed by atoms with E-state index in [4.69, 9.17) is 16.7 Å². The maximum Gasteiger partial charge on any atom is 0.335 e. The molecule has 0 bridgehead atoms. The van der Waals surface area contributed by atoms with Crippen molar-refractivity contribution in [3.63, 3.8) is 0 Å². The summed E-state index contributed by atoms with van der Waals surface area (Å²) in [6.07, 6.45) is 0.734. The van der Waals surface area contributed by atoms with Crippen molar-refractivity contribution in [2.45, 2.75) is 6.42 Å². The van der Waals surface area contributed by atoms with Crippen LogP contribution in [0.5, 0.6) is 0 Å². The summed E-state index contributed by atoms with van der Waals surface area (Å²) in [6, 6.07) is 12.7. The van der Waals surface area contributed by atoms with E-state index < -0.39 is 5.97 Å². The summed E-state index contributed by atoms with van der Waals surface area (Å²) in [7, 11) is 0. The van der Waals surface area contributed by atoms with Gasteiger partial charge in [-0.05, 0) is 41.8 Å². The fraction of sp³-hybridized carbons (Fsp3) is 0.0714. The van der Waals surface area contributed by atoms with Crippen LogP contribution in [0, 0.1) is 0 Å². The summed E-state index contributed by atoms with van der Waals surface area (Å²) in [5, 5.41) is 9.59. The van der Waals surface area contributed by atoms with E-state index >= 15 is 0 Å². The number of carboxylic acids is 1. The smallest absolute Gasteiger partial charge is 0.335 e. The average Bonchev–Trinajstić information content (AvgIpc) is 2.34. The van der Waals surface area contributed by atoms with Crippen molar-refractivity contribution >= 4 is 33.5 Å². The summed E-state index contributed by atoms with van der Waals surface area (Å²) < 4.78 is 0.803. The Morgan fingerprint density at radius 1 is 1.17 bits per heavy atom. The molecule has 0 spiro atoms. The van der Waals surface area contributed by atoms with Crippen LogP contribution in [0.25, 0.3) is 0 Å². The first-order valence-corrected chi connectivity index (χ1v) is 6.49. The molecule has 2 rings (SSSR count). The molecule has 0 amide bonds. The molecule has 0 saturated carbocycles. The molecule has 4 heteroatoms. The Morgan fingerprint density at radius 2 is 1.83 bits per heavy atom. The Balaban J connectivity index is 2.24. The van der Waals surface area contributed by atoms with Crippen LogP contribution in [0.1, 0.15) is 21.5 Å². The molecule has 2 aromatic carbocycles. The van der Waals surface area contributed by atoms with Crippen LogP contribution in [0.2, 0.25) is 5.02 Å². The van der Waals surface area contributed by atoms with E-state index in [0.29, 0.717) is 5.02 Å². The van der Waals surface area contributed by atoms with Gasteiger partial charge in [0.05, 0.1) is 5.56 Å². The predicted molar refractivity (Wildman–Crippen MR) is 75.4 cm³/mol. The van der Waals surface area contributed by atoms with Crippen molar-refractivity contribution in [3.05, 3.63) is 68.7 Å². The lowest BCUT2D eigenvalue weighted by atomic mass is 10.0. The quantitative estimate of drug-likeness (QED) is 0.908. The van der Waals surface area contributed by atoms with Gasteiger partial charge >= 0.3 is 5.97 Å². The highest BCUT2D eigenvalue weighted by Crippen LogP contribution is 2.22. The van der Waals surface area contributed by atoms with E-state index in [1.807, 2.05) is 30.3 Å². The number of halogens is 2. The molecule has 0 radical (unpaired) electrons. The van der Waals surface area contributed by atoms with E-state index in [1.54, 1.807) is 12.1 Å². The molecule has 2 aromatic rings. The Bertz CT molecular complexity index is 579. The zero-order valence-corrected chi connectivity index (χ0v) is 11.7. The summed E-state index contributed by atoms with van der Waals surface area (Å²) >= 11 is 9.23. The van der Waals surface area contributed by atoms with E-state index in [1.165, 1.54) is 0 Å². The van der Waals surface area contributed by atoms with Crippen LogP contribution in [0.4, 0.5) is 0 Å². The summed E-state index contributed by atoms with van der Waals surface area (Å²) in [4.78, 5) is 10.8. The molecule has 0 aliphatic heterocycles. The molecular formula is C14H10BrClO2. The van der Waals surface area contributed by atoms with Gasteiger partial charge in [0.2, 0.25) is 0 Å². The van der Waals surface area contributed by atoms with Crippen LogP contribution in [-0.2, 0) is 6.42 Å². The Hall–Kier alpha value is -1.32. The highest BCUT2D eigenvalue weighted by Gasteiger charge is 2.07. The molecule has 0 saturated heterocycles. The summed E-state index contributed by atoms with van der Waals surface area (Å²) in [6.45, 7) is 0. The predicted octanol–water partition coefficient (Wildman–Crippen LogP) is 4.39. The minimum absolute atomic E-state index is 0.279. The third-order valence-electron chi connectivity index (χ3n) is 2.61. The van der Waals surface area contributed by atoms with E-state index in [0.717, 1.165) is 22.0 Å². The Morgan fingerprint density at radius 3 is 2.39 bits per heavy atom. The number of carbonyl (C=O) groups is 1. The van der Waals surface area contributed by atoms with Crippen molar-refractivity contribution in [1.29, 1.82) is 0 Å². The standard InChI is InChI=1S/C14H10BrClO2/c15-13-8-11(14(17)18)4-3-10(13)7-9-1-5-12(16)6-2-9/h1-6,8H,7H2,(H,17,18). The molecule has 2 nitrogen and oxygen atoms in total. The second-order valence-corrected chi connectivity index (χ2v) is 5.21. The van der Waals surface area contributed by atoms with Gasteiger partial charge in [-0.3, -0.25) is 0 Å². The highest BCUT2D eigenvalue weighted by molar-refractivity contribution is 9.10. The van der Waals surface area contributed by atoms with Crippen LogP contribution < -0.4 is 0 Å². The fourth-order valence-corrected chi connectivity index (χ4v) is 2.29. The van der Waals surface area contributed by atoms with Gasteiger partial charge in [-0.2, -0.15) is 0 Å². The van der Waals surface area contributed by atoms with Crippen molar-refractivity contribution in [2.75, 3.05) is 0 Å². The first-order valence-electron chi connectivity index (χ1n) is 5.32. The molecule has 0 aliphatic rings. The number of rotatable bonds is 3. The number of carboxylic acid groups (broad SMARTS) is 1. The lowest BCUT2D eigenvalue weighted by Crippen LogP contribution is -1.98. The second kappa shape index (κ2) is 5.55. The van der Waals surface area contributed by atoms with Crippen molar-refractivity contribution in [1.82, 2.24) is 0 Å². The average molecular weight is 326 g/mol. The van der Waals surface area contributed by atoms with Gasteiger partial charge in [-0.15, -0.1) is 0 Å². The lowest BCUT2D eigenvalue weighted by Gasteiger charge is -2.06. The van der Waals surface area contributed by atoms with Gasteiger partial charge in [0.1, 0.15) is 0 Å². The van der Waals surface area contributed by atoms with Crippen LogP contribution in [-0.4, -0.2) is 11.1 Å². The minimum Gasteiger partial charge on any atom is -0.478 e. The third kappa shape index (κ3) is 3.12. The number of benzene rings is 2. The fourth-order valence-electron chi connectivity index (χ4n) is 1.65. The Labute approximate surface area is 118 Å². The third-order valence-corrected chi connectivity index (χ3v) is 3.60. The maximum absolute atomic E-state index is 10.8. The topological polar surface area (TPSA) is 37.3 Å². The largest absolute Gasteiger partial charge is 0.478 e. The van der Waals surface area contributed by atoms with E-state index in [2.05, 4.69) is 15.9 Å². The SMILES string of the molecule is O=C(O)c1ccc(Cc2ccc(Cl)cc2)c(Br)c1. The molecule has 92 valence electrons. The minimum atomic E-state index is -0.922. The monoisotopic (exact) mass is 324 g/mol. The molecule has 18 heavy (non-hydrogen) atoms. The van der Waals surface area contributed by atoms with Crippen molar-refractivity contribution in [3.8, 4) is 0 Å². The molecule has 0 fully saturated rings. The Kier molecular flexibility index (Phi) is 4.04. The molecule has 0 heterocycles. The van der Waals surface area contributed by atoms with Crippen LogP contribution in [0.3, 0.4) is 0 Å². The number of hydrogen-bond acceptors (Lipinski definition) is 1. The molecule has 0 aliphatic carbocycles. The van der Waals surface area contributed by atoms with Crippen molar-refractivity contribution < 1.29 is 9.90 Å². The first-order chi connectivity index (χ1) is 8.56. The number of hydrogen-bond donors (Lipinski definition) is 1. The zero-order valence-electron chi connectivity index (χ0n) is 9.36. The van der Waals surface area contributed by atoms with Crippen LogP contribution >= 0.6 is 27.5 Å². The van der Waals surface area contributed by atoms with Crippen molar-refractivity contribution in [2.24, 2.45) is 0 Å². The van der Waals surface area contributed by atoms with E-state index in [-0.39, 0.29) is 5.56 Å². The van der Waals surface area contributed by atoms with Gasteiger partial charge in [0, 0.05) is 9.50 Å². The lowest BCUT2D eigenvalue weighted by molar-refractivity contribution is 0.0697. The number of aromatic carboxylic acids is 1. The van der Waals surface area contributed by atoms with E-state index in [9.17, 15) is 4.79 Å². The molecule has 0 atom stereocenters. The molecule has 0 unspecified atom stereocenters. The molecular weight excluding hydrogens is 316 g/mol. The molecule has 1 N–H and O–H groups in total. The zero-order chi connectivity index (χ0) is 13.1. The maximum atomic E-state index is 10.8. The molecule has 0 aromatic heterocycles.